The minimum absolute atomic E-state index is 0.0866. The Morgan fingerprint density at radius 1 is 0.949 bits per heavy atom. The summed E-state index contributed by atoms with van der Waals surface area (Å²) >= 11 is 1.41. The van der Waals surface area contributed by atoms with Crippen molar-refractivity contribution in [3.8, 4) is 5.69 Å². The number of hydrogen-bond donors (Lipinski definition) is 0. The molecule has 0 N–H and O–H groups in total. The van der Waals surface area contributed by atoms with Crippen LogP contribution in [0.3, 0.4) is 0 Å². The van der Waals surface area contributed by atoms with Crippen LogP contribution >= 0.6 is 11.8 Å². The van der Waals surface area contributed by atoms with Gasteiger partial charge in [-0.05, 0) is 66.4 Å². The summed E-state index contributed by atoms with van der Waals surface area (Å²) in [4.78, 5) is 33.9. The molecular weight excluding hydrogens is 509 g/mol. The molecule has 0 bridgehead atoms. The number of benzene rings is 4. The summed E-state index contributed by atoms with van der Waals surface area (Å²) < 4.78 is 15.6. The molecular formula is C32H26FN3O2S. The Morgan fingerprint density at radius 2 is 1.77 bits per heavy atom. The van der Waals surface area contributed by atoms with Crippen molar-refractivity contribution in [1.29, 1.82) is 0 Å². The zero-order chi connectivity index (χ0) is 26.9. The molecule has 2 heterocycles. The van der Waals surface area contributed by atoms with Gasteiger partial charge in [0.05, 0.1) is 16.6 Å². The van der Waals surface area contributed by atoms with Crippen molar-refractivity contribution in [2.24, 2.45) is 0 Å². The first-order valence-corrected chi connectivity index (χ1v) is 13.8. The first-order valence-electron chi connectivity index (χ1n) is 12.8. The van der Waals surface area contributed by atoms with Gasteiger partial charge in [0.15, 0.2) is 5.16 Å². The van der Waals surface area contributed by atoms with Crippen molar-refractivity contribution in [3.63, 3.8) is 0 Å². The lowest BCUT2D eigenvalue weighted by Crippen LogP contribution is -2.36. The number of aromatic nitrogens is 2. The van der Waals surface area contributed by atoms with E-state index in [9.17, 15) is 14.0 Å². The van der Waals surface area contributed by atoms with Gasteiger partial charge in [0.2, 0.25) is 0 Å². The van der Waals surface area contributed by atoms with Crippen LogP contribution in [0.25, 0.3) is 16.6 Å². The highest BCUT2D eigenvalue weighted by molar-refractivity contribution is 7.98. The highest BCUT2D eigenvalue weighted by atomic mass is 32.2. The van der Waals surface area contributed by atoms with E-state index in [1.807, 2.05) is 42.2 Å². The fraction of sp³-hybridized carbons (Fsp3) is 0.156. The Morgan fingerprint density at radius 3 is 2.59 bits per heavy atom. The molecule has 5 aromatic rings. The molecule has 7 heteroatoms. The average Bonchev–Trinajstić information content (AvgIpc) is 2.95. The summed E-state index contributed by atoms with van der Waals surface area (Å²) in [7, 11) is 0. The van der Waals surface area contributed by atoms with Crippen molar-refractivity contribution in [2.45, 2.75) is 30.8 Å². The molecule has 0 atom stereocenters. The minimum atomic E-state index is -0.432. The number of hydrogen-bond acceptors (Lipinski definition) is 4. The zero-order valence-corrected chi connectivity index (χ0v) is 22.2. The van der Waals surface area contributed by atoms with E-state index in [0.29, 0.717) is 46.2 Å². The van der Waals surface area contributed by atoms with Crippen LogP contribution in [-0.2, 0) is 18.7 Å². The van der Waals surface area contributed by atoms with Crippen LogP contribution < -0.4 is 5.56 Å². The topological polar surface area (TPSA) is 55.2 Å². The lowest BCUT2D eigenvalue weighted by Gasteiger charge is -2.29. The second kappa shape index (κ2) is 10.5. The lowest BCUT2D eigenvalue weighted by atomic mass is 9.99. The molecule has 39 heavy (non-hydrogen) atoms. The van der Waals surface area contributed by atoms with Crippen LogP contribution in [0.4, 0.5) is 4.39 Å². The Kier molecular flexibility index (Phi) is 6.75. The number of nitrogens with zero attached hydrogens (tertiary/aromatic N) is 3. The first kappa shape index (κ1) is 25.1. The maximum atomic E-state index is 14.2. The average molecular weight is 536 g/mol. The van der Waals surface area contributed by atoms with Gasteiger partial charge in [-0.1, -0.05) is 71.9 Å². The molecule has 1 aliphatic rings. The van der Waals surface area contributed by atoms with Crippen LogP contribution in [0.1, 0.15) is 32.6 Å². The lowest BCUT2D eigenvalue weighted by molar-refractivity contribution is 0.0735. The van der Waals surface area contributed by atoms with Crippen LogP contribution in [-0.4, -0.2) is 26.9 Å². The maximum absolute atomic E-state index is 14.2. The van der Waals surface area contributed by atoms with E-state index < -0.39 is 5.82 Å². The number of thioether (sulfide) groups is 1. The molecule has 6 rings (SSSR count). The molecule has 0 saturated carbocycles. The number of aryl methyl sites for hydroxylation is 1. The Hall–Kier alpha value is -4.23. The SMILES string of the molecule is Cc1cccc(CSc2nc3cc(C(=O)N4CCc5ccccc5C4)ccc3c(=O)n2-c2cccc(F)c2)c1. The first-order chi connectivity index (χ1) is 19.0. The van der Waals surface area contributed by atoms with Crippen molar-refractivity contribution in [3.05, 3.63) is 135 Å². The molecule has 0 saturated heterocycles. The molecule has 1 aliphatic heterocycles. The van der Waals surface area contributed by atoms with Crippen LogP contribution in [0.5, 0.6) is 0 Å². The second-order valence-electron chi connectivity index (χ2n) is 9.77. The summed E-state index contributed by atoms with van der Waals surface area (Å²) in [5.74, 6) is 0.0652. The molecule has 0 fully saturated rings. The predicted octanol–water partition coefficient (Wildman–Crippen LogP) is 6.32. The van der Waals surface area contributed by atoms with Gasteiger partial charge in [0, 0.05) is 24.4 Å². The van der Waals surface area contributed by atoms with E-state index in [4.69, 9.17) is 4.98 Å². The predicted molar refractivity (Wildman–Crippen MR) is 153 cm³/mol. The summed E-state index contributed by atoms with van der Waals surface area (Å²) in [6.45, 7) is 3.23. The van der Waals surface area contributed by atoms with Gasteiger partial charge in [-0.2, -0.15) is 0 Å². The van der Waals surface area contributed by atoms with E-state index >= 15 is 0 Å². The van der Waals surface area contributed by atoms with Gasteiger partial charge in [0.1, 0.15) is 5.82 Å². The van der Waals surface area contributed by atoms with Crippen LogP contribution in [0.15, 0.2) is 101 Å². The molecule has 5 nitrogen and oxygen atoms in total. The molecule has 1 amide bonds. The fourth-order valence-electron chi connectivity index (χ4n) is 5.04. The number of halogens is 1. The van der Waals surface area contributed by atoms with Gasteiger partial charge >= 0.3 is 0 Å². The van der Waals surface area contributed by atoms with Gasteiger partial charge in [-0.3, -0.25) is 14.2 Å². The molecule has 0 spiro atoms. The summed E-state index contributed by atoms with van der Waals surface area (Å²) in [6.07, 6.45) is 0.811. The fourth-order valence-corrected chi connectivity index (χ4v) is 6.00. The smallest absolute Gasteiger partial charge is 0.266 e. The molecule has 194 valence electrons. The highest BCUT2D eigenvalue weighted by Crippen LogP contribution is 2.27. The second-order valence-corrected chi connectivity index (χ2v) is 10.7. The van der Waals surface area contributed by atoms with Crippen LogP contribution in [0.2, 0.25) is 0 Å². The summed E-state index contributed by atoms with van der Waals surface area (Å²) in [5, 5.41) is 0.816. The van der Waals surface area contributed by atoms with Crippen molar-refractivity contribution in [1.82, 2.24) is 14.5 Å². The maximum Gasteiger partial charge on any atom is 0.266 e. The van der Waals surface area contributed by atoms with E-state index in [1.165, 1.54) is 34.0 Å². The van der Waals surface area contributed by atoms with Gasteiger partial charge in [0.25, 0.3) is 11.5 Å². The molecule has 4 aromatic carbocycles. The molecule has 0 radical (unpaired) electrons. The quantitative estimate of drug-likeness (QED) is 0.195. The highest BCUT2D eigenvalue weighted by Gasteiger charge is 2.23. The van der Waals surface area contributed by atoms with Gasteiger partial charge in [-0.15, -0.1) is 0 Å². The third kappa shape index (κ3) is 5.10. The van der Waals surface area contributed by atoms with Crippen molar-refractivity contribution >= 4 is 28.6 Å². The van der Waals surface area contributed by atoms with E-state index in [0.717, 1.165) is 23.1 Å². The number of rotatable bonds is 5. The number of carbonyl (C=O) groups is 1. The minimum Gasteiger partial charge on any atom is -0.334 e. The third-order valence-electron chi connectivity index (χ3n) is 7.02. The normalized spacial score (nSPS) is 12.9. The summed E-state index contributed by atoms with van der Waals surface area (Å²) in [5.41, 5.74) is 5.71. The summed E-state index contributed by atoms with van der Waals surface area (Å²) in [6, 6.07) is 27.3. The van der Waals surface area contributed by atoms with E-state index in [-0.39, 0.29) is 11.5 Å². The van der Waals surface area contributed by atoms with Crippen LogP contribution in [0, 0.1) is 12.7 Å². The van der Waals surface area contributed by atoms with Crippen molar-refractivity contribution in [2.75, 3.05) is 6.54 Å². The largest absolute Gasteiger partial charge is 0.334 e. The monoisotopic (exact) mass is 535 g/mol. The van der Waals surface area contributed by atoms with Crippen molar-refractivity contribution < 1.29 is 9.18 Å². The Bertz CT molecular complexity index is 1780. The Balaban J connectivity index is 1.39. The third-order valence-corrected chi connectivity index (χ3v) is 8.03. The standard InChI is InChI=1S/C32H26FN3O2S/c1-21-6-4-7-22(16-21)20-39-32-34-29-17-24(30(37)35-15-14-23-8-2-3-9-25(23)19-35)12-13-28(29)31(38)36(32)27-11-5-10-26(33)18-27/h2-13,16-18H,14-15,19-20H2,1H3. The molecule has 0 unspecified atom stereocenters. The van der Waals surface area contributed by atoms with Gasteiger partial charge < -0.3 is 4.90 Å². The number of amides is 1. The van der Waals surface area contributed by atoms with E-state index in [2.05, 4.69) is 18.2 Å². The van der Waals surface area contributed by atoms with E-state index in [1.54, 1.807) is 30.3 Å². The zero-order valence-electron chi connectivity index (χ0n) is 21.4. The number of fused-ring (bicyclic) bond motifs is 2. The van der Waals surface area contributed by atoms with Gasteiger partial charge in [-0.25, -0.2) is 9.37 Å². The molecule has 1 aromatic heterocycles. The number of carbonyl (C=O) groups excluding carboxylic acids is 1. The molecule has 0 aliphatic carbocycles. The Labute approximate surface area is 229 Å².